The van der Waals surface area contributed by atoms with Crippen molar-refractivity contribution in [2.75, 3.05) is 0 Å². The number of nitro groups is 1. The van der Waals surface area contributed by atoms with Crippen LogP contribution in [0, 0.1) is 10.1 Å². The molecule has 0 aliphatic rings. The Kier molecular flexibility index (Phi) is 4.64. The largest absolute Gasteiger partial charge is 0.477 e. The number of hydrogen-bond acceptors (Lipinski definition) is 6. The summed E-state index contributed by atoms with van der Waals surface area (Å²) in [7, 11) is 0. The lowest BCUT2D eigenvalue weighted by Gasteiger charge is -2.04. The van der Waals surface area contributed by atoms with E-state index in [1.807, 2.05) is 0 Å². The average molecular weight is 366 g/mol. The van der Waals surface area contributed by atoms with Gasteiger partial charge < -0.3 is 9.15 Å². The second kappa shape index (κ2) is 6.86. The van der Waals surface area contributed by atoms with Gasteiger partial charge >= 0.3 is 5.69 Å². The highest BCUT2D eigenvalue weighted by molar-refractivity contribution is 6.33. The van der Waals surface area contributed by atoms with Crippen molar-refractivity contribution >= 4 is 28.9 Å². The van der Waals surface area contributed by atoms with Crippen LogP contribution in [0.1, 0.15) is 5.89 Å². The topological polar surface area (TPSA) is 91.3 Å². The fraction of sp³-hybridized carbons (Fsp3) is 0.0667. The Labute approximate surface area is 145 Å². The molecule has 122 valence electrons. The summed E-state index contributed by atoms with van der Waals surface area (Å²) < 4.78 is 10.9. The molecule has 9 heteroatoms. The standard InChI is InChI=1S/C15H9Cl2N3O4/c16-9-5-6-13(12(7-9)20(21)22)23-8-14-18-19-15(24-14)10-3-1-2-4-11(10)17/h1-7H,8H2. The monoisotopic (exact) mass is 365 g/mol. The van der Waals surface area contributed by atoms with E-state index in [4.69, 9.17) is 32.4 Å². The van der Waals surface area contributed by atoms with E-state index in [-0.39, 0.29) is 34.8 Å². The van der Waals surface area contributed by atoms with Crippen LogP contribution in [-0.4, -0.2) is 15.1 Å². The minimum Gasteiger partial charge on any atom is -0.477 e. The van der Waals surface area contributed by atoms with Gasteiger partial charge in [0.2, 0.25) is 5.89 Å². The van der Waals surface area contributed by atoms with Crippen molar-refractivity contribution < 1.29 is 14.1 Å². The number of ether oxygens (including phenoxy) is 1. The summed E-state index contributed by atoms with van der Waals surface area (Å²) >= 11 is 11.8. The summed E-state index contributed by atoms with van der Waals surface area (Å²) in [6.45, 7) is -0.125. The van der Waals surface area contributed by atoms with E-state index in [0.717, 1.165) is 0 Å². The minimum atomic E-state index is -0.579. The molecular weight excluding hydrogens is 357 g/mol. The van der Waals surface area contributed by atoms with Crippen LogP contribution in [0.15, 0.2) is 46.9 Å². The van der Waals surface area contributed by atoms with Crippen LogP contribution >= 0.6 is 23.2 Å². The van der Waals surface area contributed by atoms with E-state index in [2.05, 4.69) is 10.2 Å². The van der Waals surface area contributed by atoms with E-state index in [1.54, 1.807) is 24.3 Å². The predicted octanol–water partition coefficient (Wildman–Crippen LogP) is 4.53. The van der Waals surface area contributed by atoms with Gasteiger partial charge in [-0.15, -0.1) is 10.2 Å². The van der Waals surface area contributed by atoms with Gasteiger partial charge in [-0.2, -0.15) is 0 Å². The molecule has 0 radical (unpaired) electrons. The summed E-state index contributed by atoms with van der Waals surface area (Å²) in [6.07, 6.45) is 0. The number of rotatable bonds is 5. The summed E-state index contributed by atoms with van der Waals surface area (Å²) in [4.78, 5) is 10.4. The highest BCUT2D eigenvalue weighted by Gasteiger charge is 2.17. The molecule has 0 atom stereocenters. The SMILES string of the molecule is O=[N+]([O-])c1cc(Cl)ccc1OCc1nnc(-c2ccccc2Cl)o1. The lowest BCUT2D eigenvalue weighted by Crippen LogP contribution is -1.99. The molecule has 0 bridgehead atoms. The highest BCUT2D eigenvalue weighted by atomic mass is 35.5. The van der Waals surface area contributed by atoms with E-state index in [0.29, 0.717) is 10.6 Å². The maximum atomic E-state index is 11.0. The van der Waals surface area contributed by atoms with Crippen LogP contribution in [0.25, 0.3) is 11.5 Å². The minimum absolute atomic E-state index is 0.0573. The Morgan fingerprint density at radius 3 is 2.71 bits per heavy atom. The van der Waals surface area contributed by atoms with Crippen molar-refractivity contribution in [1.29, 1.82) is 0 Å². The van der Waals surface area contributed by atoms with Gasteiger partial charge in [-0.3, -0.25) is 10.1 Å². The third-order valence-corrected chi connectivity index (χ3v) is 3.60. The first-order valence-electron chi connectivity index (χ1n) is 6.68. The molecule has 0 fully saturated rings. The first kappa shape index (κ1) is 16.2. The fourth-order valence-electron chi connectivity index (χ4n) is 1.95. The summed E-state index contributed by atoms with van der Waals surface area (Å²) in [5.74, 6) is 0.459. The van der Waals surface area contributed by atoms with E-state index in [1.165, 1.54) is 18.2 Å². The van der Waals surface area contributed by atoms with Crippen LogP contribution in [0.3, 0.4) is 0 Å². The fourth-order valence-corrected chi connectivity index (χ4v) is 2.33. The molecule has 0 aliphatic carbocycles. The Morgan fingerprint density at radius 1 is 1.17 bits per heavy atom. The van der Waals surface area contributed by atoms with Crippen molar-refractivity contribution in [1.82, 2.24) is 10.2 Å². The molecule has 7 nitrogen and oxygen atoms in total. The molecule has 1 heterocycles. The predicted molar refractivity (Wildman–Crippen MR) is 87.2 cm³/mol. The molecule has 24 heavy (non-hydrogen) atoms. The van der Waals surface area contributed by atoms with Crippen molar-refractivity contribution in [3.8, 4) is 17.2 Å². The van der Waals surface area contributed by atoms with Crippen LogP contribution in [0.5, 0.6) is 5.75 Å². The number of nitro benzene ring substituents is 1. The Hall–Kier alpha value is -2.64. The first-order chi connectivity index (χ1) is 11.5. The molecule has 3 rings (SSSR count). The molecule has 0 amide bonds. The smallest absolute Gasteiger partial charge is 0.312 e. The van der Waals surface area contributed by atoms with Crippen molar-refractivity contribution in [2.24, 2.45) is 0 Å². The van der Waals surface area contributed by atoms with Gasteiger partial charge in [-0.05, 0) is 24.3 Å². The van der Waals surface area contributed by atoms with Crippen molar-refractivity contribution in [3.63, 3.8) is 0 Å². The van der Waals surface area contributed by atoms with Crippen LogP contribution in [0.4, 0.5) is 5.69 Å². The van der Waals surface area contributed by atoms with Crippen LogP contribution < -0.4 is 4.74 Å². The normalized spacial score (nSPS) is 10.6. The lowest BCUT2D eigenvalue weighted by atomic mass is 10.2. The van der Waals surface area contributed by atoms with Gasteiger partial charge in [0.15, 0.2) is 12.4 Å². The van der Waals surface area contributed by atoms with E-state index in [9.17, 15) is 10.1 Å². The first-order valence-corrected chi connectivity index (χ1v) is 7.44. The van der Waals surface area contributed by atoms with Gasteiger partial charge in [-0.25, -0.2) is 0 Å². The lowest BCUT2D eigenvalue weighted by molar-refractivity contribution is -0.385. The van der Waals surface area contributed by atoms with Gasteiger partial charge in [0.1, 0.15) is 0 Å². The Bertz CT molecular complexity index is 898. The maximum Gasteiger partial charge on any atom is 0.312 e. The molecule has 3 aromatic rings. The van der Waals surface area contributed by atoms with E-state index < -0.39 is 4.92 Å². The molecule has 2 aromatic carbocycles. The zero-order chi connectivity index (χ0) is 17.1. The van der Waals surface area contributed by atoms with Gasteiger partial charge in [-0.1, -0.05) is 35.3 Å². The number of nitrogens with zero attached hydrogens (tertiary/aromatic N) is 3. The Morgan fingerprint density at radius 2 is 1.96 bits per heavy atom. The summed E-state index contributed by atoms with van der Waals surface area (Å²) in [5, 5.41) is 19.5. The average Bonchev–Trinajstić information content (AvgIpc) is 3.02. The molecule has 0 saturated carbocycles. The molecular formula is C15H9Cl2N3O4. The van der Waals surface area contributed by atoms with Crippen molar-refractivity contribution in [2.45, 2.75) is 6.61 Å². The molecule has 1 aromatic heterocycles. The number of benzene rings is 2. The second-order valence-corrected chi connectivity index (χ2v) is 5.48. The molecule has 0 spiro atoms. The number of halogens is 2. The van der Waals surface area contributed by atoms with Crippen molar-refractivity contribution in [3.05, 3.63) is 68.5 Å². The third-order valence-electron chi connectivity index (χ3n) is 3.04. The second-order valence-electron chi connectivity index (χ2n) is 4.64. The van der Waals surface area contributed by atoms with Gasteiger partial charge in [0.05, 0.1) is 15.5 Å². The molecule has 0 aliphatic heterocycles. The highest BCUT2D eigenvalue weighted by Crippen LogP contribution is 2.31. The zero-order valence-corrected chi connectivity index (χ0v) is 13.5. The molecule has 0 unspecified atom stereocenters. The summed E-state index contributed by atoms with van der Waals surface area (Å²) in [6, 6.07) is 11.1. The number of aromatic nitrogens is 2. The summed E-state index contributed by atoms with van der Waals surface area (Å²) in [5.41, 5.74) is 0.351. The molecule has 0 N–H and O–H groups in total. The van der Waals surface area contributed by atoms with Gasteiger partial charge in [0, 0.05) is 11.1 Å². The Balaban J connectivity index is 1.77. The quantitative estimate of drug-likeness (QED) is 0.487. The third kappa shape index (κ3) is 3.47. The van der Waals surface area contributed by atoms with E-state index >= 15 is 0 Å². The zero-order valence-electron chi connectivity index (χ0n) is 12.0. The maximum absolute atomic E-state index is 11.0. The number of hydrogen-bond donors (Lipinski definition) is 0. The van der Waals surface area contributed by atoms with Gasteiger partial charge in [0.25, 0.3) is 5.89 Å². The molecule has 0 saturated heterocycles. The van der Waals surface area contributed by atoms with Crippen LogP contribution in [0.2, 0.25) is 10.0 Å². The van der Waals surface area contributed by atoms with Crippen LogP contribution in [-0.2, 0) is 6.61 Å².